The van der Waals surface area contributed by atoms with Gasteiger partial charge in [0.05, 0.1) is 0 Å². The molecule has 1 fully saturated rings. The fourth-order valence-electron chi connectivity index (χ4n) is 3.00. The molecule has 3 rings (SSSR count). The maximum Gasteiger partial charge on any atom is 0.167 e. The Morgan fingerprint density at radius 1 is 1.18 bits per heavy atom. The highest BCUT2D eigenvalue weighted by molar-refractivity contribution is 5.98. The molecule has 0 spiro atoms. The van der Waals surface area contributed by atoms with E-state index in [0.717, 1.165) is 31.5 Å². The molecule has 1 N–H and O–H groups in total. The Morgan fingerprint density at radius 2 is 2.00 bits per heavy atom. The molecular weight excluding hydrogens is 210 g/mol. The zero-order valence-corrected chi connectivity index (χ0v) is 10.2. The summed E-state index contributed by atoms with van der Waals surface area (Å²) < 4.78 is 0. The van der Waals surface area contributed by atoms with Crippen LogP contribution >= 0.6 is 0 Å². The van der Waals surface area contributed by atoms with Crippen molar-refractivity contribution in [1.29, 1.82) is 0 Å². The summed E-state index contributed by atoms with van der Waals surface area (Å²) in [5, 5.41) is 3.26. The Labute approximate surface area is 102 Å². The molecule has 90 valence electrons. The van der Waals surface area contributed by atoms with Gasteiger partial charge in [-0.2, -0.15) is 0 Å². The van der Waals surface area contributed by atoms with Gasteiger partial charge in [-0.25, -0.2) is 0 Å². The van der Waals surface area contributed by atoms with E-state index in [9.17, 15) is 4.79 Å². The van der Waals surface area contributed by atoms with E-state index in [-0.39, 0.29) is 5.92 Å². The van der Waals surface area contributed by atoms with Gasteiger partial charge in [0.1, 0.15) is 0 Å². The Hall–Kier alpha value is -1.15. The normalized spacial score (nSPS) is 23.4. The number of hydrogen-bond donors (Lipinski definition) is 1. The molecule has 17 heavy (non-hydrogen) atoms. The average Bonchev–Trinajstić information content (AvgIpc) is 2.91. The lowest BCUT2D eigenvalue weighted by Gasteiger charge is -2.17. The second-order valence-electron chi connectivity index (χ2n) is 5.24. The first-order valence-corrected chi connectivity index (χ1v) is 6.71. The minimum absolute atomic E-state index is 0.205. The van der Waals surface area contributed by atoms with Gasteiger partial charge in [-0.15, -0.1) is 0 Å². The topological polar surface area (TPSA) is 29.1 Å². The summed E-state index contributed by atoms with van der Waals surface area (Å²) in [4.78, 5) is 12.3. The van der Waals surface area contributed by atoms with E-state index in [1.807, 2.05) is 6.07 Å². The number of benzene rings is 1. The van der Waals surface area contributed by atoms with Gasteiger partial charge in [-0.3, -0.25) is 4.79 Å². The molecule has 0 radical (unpaired) electrons. The summed E-state index contributed by atoms with van der Waals surface area (Å²) in [6.07, 6.45) is 5.91. The average molecular weight is 229 g/mol. The molecule has 0 aromatic heterocycles. The van der Waals surface area contributed by atoms with E-state index in [4.69, 9.17) is 0 Å². The van der Waals surface area contributed by atoms with Gasteiger partial charge in [0, 0.05) is 18.0 Å². The summed E-state index contributed by atoms with van der Waals surface area (Å²) in [5.41, 5.74) is 3.80. The summed E-state index contributed by atoms with van der Waals surface area (Å²) >= 11 is 0. The van der Waals surface area contributed by atoms with Crippen molar-refractivity contribution in [1.82, 2.24) is 5.32 Å². The van der Waals surface area contributed by atoms with Gasteiger partial charge in [0.25, 0.3) is 0 Å². The van der Waals surface area contributed by atoms with Crippen molar-refractivity contribution < 1.29 is 4.79 Å². The molecule has 1 heterocycles. The van der Waals surface area contributed by atoms with Crippen LogP contribution in [0.3, 0.4) is 0 Å². The largest absolute Gasteiger partial charge is 0.316 e. The van der Waals surface area contributed by atoms with E-state index in [0.29, 0.717) is 5.78 Å². The minimum Gasteiger partial charge on any atom is -0.316 e. The molecule has 1 atom stereocenters. The number of nitrogens with one attached hydrogen (secondary N) is 1. The number of fused-ring (bicyclic) bond motifs is 1. The van der Waals surface area contributed by atoms with Crippen LogP contribution < -0.4 is 5.32 Å². The Balaban J connectivity index is 1.85. The van der Waals surface area contributed by atoms with Crippen molar-refractivity contribution >= 4 is 5.78 Å². The van der Waals surface area contributed by atoms with Gasteiger partial charge in [0.2, 0.25) is 0 Å². The number of aryl methyl sites for hydroxylation is 2. The molecule has 0 bridgehead atoms. The van der Waals surface area contributed by atoms with E-state index in [1.54, 1.807) is 0 Å². The molecule has 1 aromatic carbocycles. The summed E-state index contributed by atoms with van der Waals surface area (Å²) in [5.74, 6) is 0.542. The summed E-state index contributed by atoms with van der Waals surface area (Å²) in [7, 11) is 0. The third kappa shape index (κ3) is 2.14. The molecular formula is C15H19NO. The first-order valence-electron chi connectivity index (χ1n) is 6.71. The van der Waals surface area contributed by atoms with Crippen molar-refractivity contribution in [3.8, 4) is 0 Å². The Morgan fingerprint density at radius 3 is 2.76 bits per heavy atom. The lowest BCUT2D eigenvalue weighted by Crippen LogP contribution is -2.18. The Bertz CT molecular complexity index is 433. The second kappa shape index (κ2) is 4.61. The van der Waals surface area contributed by atoms with Crippen molar-refractivity contribution in [2.24, 2.45) is 5.92 Å². The van der Waals surface area contributed by atoms with Crippen LogP contribution in [0.2, 0.25) is 0 Å². The van der Waals surface area contributed by atoms with Gasteiger partial charge < -0.3 is 5.32 Å². The molecule has 0 amide bonds. The van der Waals surface area contributed by atoms with Crippen LogP contribution in [-0.4, -0.2) is 18.9 Å². The number of Topliss-reactive ketones (excluding diaryl/α,β-unsaturated/α-hetero) is 1. The van der Waals surface area contributed by atoms with Crippen LogP contribution in [0.1, 0.15) is 40.7 Å². The molecule has 2 nitrogen and oxygen atoms in total. The van der Waals surface area contributed by atoms with Crippen LogP contribution in [0.25, 0.3) is 0 Å². The van der Waals surface area contributed by atoms with E-state index in [2.05, 4.69) is 17.4 Å². The highest BCUT2D eigenvalue weighted by atomic mass is 16.1. The molecule has 1 aliphatic heterocycles. The van der Waals surface area contributed by atoms with Gasteiger partial charge in [0.15, 0.2) is 5.78 Å². The third-order valence-corrected chi connectivity index (χ3v) is 4.06. The van der Waals surface area contributed by atoms with Crippen LogP contribution in [0, 0.1) is 5.92 Å². The summed E-state index contributed by atoms with van der Waals surface area (Å²) in [6.45, 7) is 1.84. The predicted molar refractivity (Wildman–Crippen MR) is 68.4 cm³/mol. The highest BCUT2D eigenvalue weighted by Crippen LogP contribution is 2.24. The number of carbonyl (C=O) groups excluding carboxylic acids is 1. The fourth-order valence-corrected chi connectivity index (χ4v) is 3.00. The van der Waals surface area contributed by atoms with Gasteiger partial charge >= 0.3 is 0 Å². The van der Waals surface area contributed by atoms with Crippen molar-refractivity contribution in [2.45, 2.75) is 32.1 Å². The standard InChI is InChI=1S/C15H19NO/c17-15(14-7-8-16-10-14)13-6-5-11-3-1-2-4-12(11)9-13/h5-6,9,14,16H,1-4,7-8,10H2. The predicted octanol–water partition coefficient (Wildman–Crippen LogP) is 2.36. The highest BCUT2D eigenvalue weighted by Gasteiger charge is 2.24. The van der Waals surface area contributed by atoms with Crippen LogP contribution in [-0.2, 0) is 12.8 Å². The van der Waals surface area contributed by atoms with Crippen molar-refractivity contribution in [3.63, 3.8) is 0 Å². The molecule has 1 aliphatic carbocycles. The molecule has 0 saturated carbocycles. The molecule has 2 heteroatoms. The number of rotatable bonds is 2. The lowest BCUT2D eigenvalue weighted by molar-refractivity contribution is 0.0930. The molecule has 2 aliphatic rings. The minimum atomic E-state index is 0.205. The lowest BCUT2D eigenvalue weighted by atomic mass is 9.88. The maximum absolute atomic E-state index is 12.3. The molecule has 1 aromatic rings. The van der Waals surface area contributed by atoms with Crippen LogP contribution in [0.5, 0.6) is 0 Å². The van der Waals surface area contributed by atoms with Crippen LogP contribution in [0.15, 0.2) is 18.2 Å². The monoisotopic (exact) mass is 229 g/mol. The Kier molecular flexibility index (Phi) is 2.98. The van der Waals surface area contributed by atoms with E-state index in [1.165, 1.54) is 30.4 Å². The number of ketones is 1. The molecule has 1 saturated heterocycles. The number of carbonyl (C=O) groups is 1. The quantitative estimate of drug-likeness (QED) is 0.789. The van der Waals surface area contributed by atoms with Crippen molar-refractivity contribution in [3.05, 3.63) is 34.9 Å². The smallest absolute Gasteiger partial charge is 0.167 e. The zero-order chi connectivity index (χ0) is 11.7. The van der Waals surface area contributed by atoms with Crippen LogP contribution in [0.4, 0.5) is 0 Å². The van der Waals surface area contributed by atoms with E-state index >= 15 is 0 Å². The van der Waals surface area contributed by atoms with Crippen molar-refractivity contribution in [2.75, 3.05) is 13.1 Å². The first-order chi connectivity index (χ1) is 8.34. The second-order valence-corrected chi connectivity index (χ2v) is 5.24. The summed E-state index contributed by atoms with van der Waals surface area (Å²) in [6, 6.07) is 6.35. The first kappa shape index (κ1) is 11.0. The number of hydrogen-bond acceptors (Lipinski definition) is 2. The van der Waals surface area contributed by atoms with E-state index < -0.39 is 0 Å². The third-order valence-electron chi connectivity index (χ3n) is 4.06. The maximum atomic E-state index is 12.3. The van der Waals surface area contributed by atoms with Gasteiger partial charge in [-0.1, -0.05) is 12.1 Å². The fraction of sp³-hybridized carbons (Fsp3) is 0.533. The zero-order valence-electron chi connectivity index (χ0n) is 10.2. The SMILES string of the molecule is O=C(c1ccc2c(c1)CCCC2)C1CCNC1. The molecule has 1 unspecified atom stereocenters. The van der Waals surface area contributed by atoms with Gasteiger partial charge in [-0.05, 0) is 55.8 Å².